The number of carbonyl (C=O) groups excluding carboxylic acids is 1. The fraction of sp³-hybridized carbons (Fsp3) is 0.667. The van der Waals surface area contributed by atoms with Crippen molar-refractivity contribution in [3.8, 4) is 0 Å². The standard InChI is InChI=1S/C18H29N3O3/c1-13-6-4-8-21(11-13)9-5-7-19-16(22)10-15-17(18(23)24)14(2)12-20(15)3/h12-13H,4-11H2,1-3H3,(H,19,22)(H,23,24)/t13-/m1/s1. The summed E-state index contributed by atoms with van der Waals surface area (Å²) in [6, 6.07) is 0. The number of rotatable bonds is 7. The summed E-state index contributed by atoms with van der Waals surface area (Å²) in [4.78, 5) is 25.9. The quantitative estimate of drug-likeness (QED) is 0.745. The van der Waals surface area contributed by atoms with Crippen LogP contribution < -0.4 is 5.32 Å². The van der Waals surface area contributed by atoms with Crippen LogP contribution in [0.1, 0.15) is 47.8 Å². The van der Waals surface area contributed by atoms with Gasteiger partial charge in [0.05, 0.1) is 12.0 Å². The van der Waals surface area contributed by atoms with Crippen molar-refractivity contribution in [2.45, 2.75) is 39.5 Å². The molecule has 2 rings (SSSR count). The third-order valence-corrected chi connectivity index (χ3v) is 4.75. The molecule has 0 spiro atoms. The Balaban J connectivity index is 1.77. The lowest BCUT2D eigenvalue weighted by Gasteiger charge is -2.30. The Labute approximate surface area is 143 Å². The Morgan fingerprint density at radius 1 is 1.42 bits per heavy atom. The molecule has 1 saturated heterocycles. The van der Waals surface area contributed by atoms with Gasteiger partial charge in [-0.05, 0) is 50.8 Å². The highest BCUT2D eigenvalue weighted by atomic mass is 16.4. The van der Waals surface area contributed by atoms with E-state index in [-0.39, 0.29) is 17.9 Å². The van der Waals surface area contributed by atoms with E-state index >= 15 is 0 Å². The van der Waals surface area contributed by atoms with Crippen LogP contribution in [0, 0.1) is 12.8 Å². The average molecular weight is 335 g/mol. The lowest BCUT2D eigenvalue weighted by atomic mass is 10.0. The van der Waals surface area contributed by atoms with Crippen LogP contribution in [0.4, 0.5) is 0 Å². The van der Waals surface area contributed by atoms with E-state index in [0.717, 1.165) is 32.0 Å². The maximum absolute atomic E-state index is 12.1. The second-order valence-electron chi connectivity index (χ2n) is 6.98. The van der Waals surface area contributed by atoms with Gasteiger partial charge in [0, 0.05) is 32.0 Å². The molecular weight excluding hydrogens is 306 g/mol. The zero-order valence-corrected chi connectivity index (χ0v) is 15.0. The maximum Gasteiger partial charge on any atom is 0.337 e. The second-order valence-corrected chi connectivity index (χ2v) is 6.98. The summed E-state index contributed by atoms with van der Waals surface area (Å²) in [7, 11) is 1.78. The van der Waals surface area contributed by atoms with Crippen molar-refractivity contribution >= 4 is 11.9 Å². The molecule has 6 nitrogen and oxygen atoms in total. The Kier molecular flexibility index (Phi) is 6.43. The maximum atomic E-state index is 12.1. The van der Waals surface area contributed by atoms with E-state index in [9.17, 15) is 14.7 Å². The van der Waals surface area contributed by atoms with Crippen LogP contribution in [0.15, 0.2) is 6.20 Å². The van der Waals surface area contributed by atoms with E-state index in [1.165, 1.54) is 12.8 Å². The number of nitrogens with zero attached hydrogens (tertiary/aromatic N) is 2. The molecule has 0 saturated carbocycles. The largest absolute Gasteiger partial charge is 0.478 e. The number of aryl methyl sites for hydroxylation is 2. The highest BCUT2D eigenvalue weighted by Crippen LogP contribution is 2.17. The summed E-state index contributed by atoms with van der Waals surface area (Å²) in [5.74, 6) is -0.329. The minimum atomic E-state index is -0.977. The highest BCUT2D eigenvalue weighted by molar-refractivity contribution is 5.92. The number of hydrogen-bond donors (Lipinski definition) is 2. The van der Waals surface area contributed by atoms with Crippen molar-refractivity contribution in [1.82, 2.24) is 14.8 Å². The number of likely N-dealkylation sites (tertiary alicyclic amines) is 1. The Morgan fingerprint density at radius 2 is 2.17 bits per heavy atom. The molecule has 0 unspecified atom stereocenters. The molecule has 1 atom stereocenters. The van der Waals surface area contributed by atoms with Gasteiger partial charge in [-0.25, -0.2) is 4.79 Å². The van der Waals surface area contributed by atoms with E-state index in [4.69, 9.17) is 0 Å². The predicted molar refractivity (Wildman–Crippen MR) is 93.3 cm³/mol. The molecule has 1 aromatic rings. The molecular formula is C18H29N3O3. The van der Waals surface area contributed by atoms with Crippen LogP contribution in [-0.4, -0.2) is 52.6 Å². The molecule has 134 valence electrons. The number of piperidine rings is 1. The topological polar surface area (TPSA) is 74.6 Å². The number of carbonyl (C=O) groups is 2. The fourth-order valence-electron chi connectivity index (χ4n) is 3.58. The van der Waals surface area contributed by atoms with Gasteiger partial charge in [0.2, 0.25) is 5.91 Å². The molecule has 0 bridgehead atoms. The average Bonchev–Trinajstić information content (AvgIpc) is 2.78. The van der Waals surface area contributed by atoms with Crippen molar-refractivity contribution in [2.24, 2.45) is 13.0 Å². The van der Waals surface area contributed by atoms with Crippen LogP contribution in [0.2, 0.25) is 0 Å². The Hall–Kier alpha value is -1.82. The smallest absolute Gasteiger partial charge is 0.337 e. The van der Waals surface area contributed by atoms with Gasteiger partial charge in [0.25, 0.3) is 0 Å². The third kappa shape index (κ3) is 4.84. The first kappa shape index (κ1) is 18.5. The van der Waals surface area contributed by atoms with Crippen LogP contribution >= 0.6 is 0 Å². The van der Waals surface area contributed by atoms with Crippen LogP contribution in [0.25, 0.3) is 0 Å². The van der Waals surface area contributed by atoms with E-state index in [1.807, 2.05) is 0 Å². The van der Waals surface area contributed by atoms with Crippen molar-refractivity contribution in [3.05, 3.63) is 23.0 Å². The monoisotopic (exact) mass is 335 g/mol. The van der Waals surface area contributed by atoms with Crippen molar-refractivity contribution < 1.29 is 14.7 Å². The molecule has 2 N–H and O–H groups in total. The number of aromatic carboxylic acids is 1. The van der Waals surface area contributed by atoms with Crippen molar-refractivity contribution in [3.63, 3.8) is 0 Å². The summed E-state index contributed by atoms with van der Waals surface area (Å²) in [5.41, 5.74) is 1.49. The minimum absolute atomic E-state index is 0.104. The number of carboxylic acids is 1. The normalized spacial score (nSPS) is 18.5. The lowest BCUT2D eigenvalue weighted by Crippen LogP contribution is -2.36. The van der Waals surface area contributed by atoms with E-state index in [2.05, 4.69) is 17.1 Å². The van der Waals surface area contributed by atoms with Gasteiger partial charge in [-0.2, -0.15) is 0 Å². The van der Waals surface area contributed by atoms with Gasteiger partial charge < -0.3 is 19.9 Å². The number of carboxylic acid groups (broad SMARTS) is 1. The molecule has 1 aliphatic heterocycles. The summed E-state index contributed by atoms with van der Waals surface area (Å²) >= 11 is 0. The summed E-state index contributed by atoms with van der Waals surface area (Å²) in [5, 5.41) is 12.2. The second kappa shape index (κ2) is 8.33. The number of hydrogen-bond acceptors (Lipinski definition) is 3. The zero-order chi connectivity index (χ0) is 17.7. The number of amides is 1. The van der Waals surface area contributed by atoms with Gasteiger partial charge in [0.1, 0.15) is 0 Å². The van der Waals surface area contributed by atoms with Crippen LogP contribution in [0.5, 0.6) is 0 Å². The van der Waals surface area contributed by atoms with Gasteiger partial charge in [0.15, 0.2) is 0 Å². The molecule has 0 aliphatic carbocycles. The first-order chi connectivity index (χ1) is 11.4. The first-order valence-electron chi connectivity index (χ1n) is 8.75. The van der Waals surface area contributed by atoms with Gasteiger partial charge in [-0.15, -0.1) is 0 Å². The predicted octanol–water partition coefficient (Wildman–Crippen LogP) is 1.81. The molecule has 1 aromatic heterocycles. The molecule has 24 heavy (non-hydrogen) atoms. The van der Waals surface area contributed by atoms with Gasteiger partial charge in [-0.1, -0.05) is 6.92 Å². The summed E-state index contributed by atoms with van der Waals surface area (Å²) < 4.78 is 1.73. The lowest BCUT2D eigenvalue weighted by molar-refractivity contribution is -0.120. The first-order valence-corrected chi connectivity index (χ1v) is 8.75. The summed E-state index contributed by atoms with van der Waals surface area (Å²) in [6.45, 7) is 7.99. The molecule has 6 heteroatoms. The van der Waals surface area contributed by atoms with Gasteiger partial charge in [-0.3, -0.25) is 4.79 Å². The van der Waals surface area contributed by atoms with Crippen LogP contribution in [0.3, 0.4) is 0 Å². The van der Waals surface area contributed by atoms with Crippen molar-refractivity contribution in [2.75, 3.05) is 26.2 Å². The number of nitrogens with one attached hydrogen (secondary N) is 1. The van der Waals surface area contributed by atoms with Gasteiger partial charge >= 0.3 is 5.97 Å². The third-order valence-electron chi connectivity index (χ3n) is 4.75. The molecule has 1 amide bonds. The minimum Gasteiger partial charge on any atom is -0.478 e. The SMILES string of the molecule is Cc1cn(C)c(CC(=O)NCCCN2CCC[C@@H](C)C2)c1C(=O)O. The van der Waals surface area contributed by atoms with Crippen LogP contribution in [-0.2, 0) is 18.3 Å². The highest BCUT2D eigenvalue weighted by Gasteiger charge is 2.20. The molecule has 1 aliphatic rings. The Morgan fingerprint density at radius 3 is 2.83 bits per heavy atom. The van der Waals surface area contributed by atoms with E-state index in [1.54, 1.807) is 24.7 Å². The molecule has 0 radical (unpaired) electrons. The van der Waals surface area contributed by atoms with E-state index < -0.39 is 5.97 Å². The zero-order valence-electron chi connectivity index (χ0n) is 15.0. The molecule has 2 heterocycles. The fourth-order valence-corrected chi connectivity index (χ4v) is 3.58. The Bertz CT molecular complexity index is 595. The van der Waals surface area contributed by atoms with Crippen molar-refractivity contribution in [1.29, 1.82) is 0 Å². The number of aromatic nitrogens is 1. The van der Waals surface area contributed by atoms with E-state index in [0.29, 0.717) is 17.8 Å². The summed E-state index contributed by atoms with van der Waals surface area (Å²) in [6.07, 6.45) is 5.36. The molecule has 1 fully saturated rings. The molecule has 0 aromatic carbocycles.